The second-order valence-electron chi connectivity index (χ2n) is 9.91. The Morgan fingerprint density at radius 3 is 2.62 bits per heavy atom. The molecule has 0 unspecified atom stereocenters. The molecule has 0 spiro atoms. The van der Waals surface area contributed by atoms with Gasteiger partial charge in [-0.25, -0.2) is 9.97 Å². The molecule has 0 atom stereocenters. The molecule has 0 aliphatic heterocycles. The second-order valence-corrected chi connectivity index (χ2v) is 9.91. The molecule has 0 aromatic carbocycles. The van der Waals surface area contributed by atoms with Crippen LogP contribution in [0.25, 0.3) is 28.0 Å². The van der Waals surface area contributed by atoms with Crippen LogP contribution in [0, 0.1) is 25.7 Å². The first kappa shape index (κ1) is 26.6. The number of pyridine rings is 3. The number of allylic oxidation sites excluding steroid dienone is 1. The molecule has 202 valence electrons. The van der Waals surface area contributed by atoms with Crippen molar-refractivity contribution in [1.82, 2.24) is 34.5 Å². The molecular formula is C31H33N9. The lowest BCUT2D eigenvalue weighted by Gasteiger charge is -2.16. The van der Waals surface area contributed by atoms with Gasteiger partial charge in [0.15, 0.2) is 0 Å². The van der Waals surface area contributed by atoms with Crippen molar-refractivity contribution in [3.05, 3.63) is 85.0 Å². The topological polar surface area (TPSA) is 109 Å². The Labute approximate surface area is 234 Å². The first-order valence-electron chi connectivity index (χ1n) is 13.3. The molecule has 40 heavy (non-hydrogen) atoms. The highest BCUT2D eigenvalue weighted by atomic mass is 15.1. The third-order valence-corrected chi connectivity index (χ3v) is 7.22. The third-order valence-electron chi connectivity index (χ3n) is 7.22. The molecule has 1 fully saturated rings. The summed E-state index contributed by atoms with van der Waals surface area (Å²) in [5.41, 5.74) is 9.43. The monoisotopic (exact) mass is 531 g/mol. The van der Waals surface area contributed by atoms with Crippen LogP contribution in [0.4, 0.5) is 11.4 Å². The molecule has 1 aliphatic rings. The van der Waals surface area contributed by atoms with Gasteiger partial charge in [-0.2, -0.15) is 0 Å². The number of aromatic nitrogens is 7. The van der Waals surface area contributed by atoms with Crippen molar-refractivity contribution in [2.45, 2.75) is 39.0 Å². The van der Waals surface area contributed by atoms with Gasteiger partial charge in [0.2, 0.25) is 0 Å². The minimum atomic E-state index is 0.538. The molecule has 3 N–H and O–H groups in total. The summed E-state index contributed by atoms with van der Waals surface area (Å²) in [4.78, 5) is 26.3. The van der Waals surface area contributed by atoms with Crippen LogP contribution < -0.4 is 10.6 Å². The molecule has 0 amide bonds. The fourth-order valence-corrected chi connectivity index (χ4v) is 5.21. The van der Waals surface area contributed by atoms with Crippen molar-refractivity contribution < 1.29 is 0 Å². The van der Waals surface area contributed by atoms with E-state index in [4.69, 9.17) is 9.97 Å². The first-order chi connectivity index (χ1) is 19.6. The summed E-state index contributed by atoms with van der Waals surface area (Å²) in [6.45, 7) is 6.25. The van der Waals surface area contributed by atoms with E-state index in [-0.39, 0.29) is 0 Å². The number of anilines is 2. The number of H-pyrrole nitrogens is 1. The SMILES string of the molecule is C#C.C=C(Nc1cncc(-c2cc(Cc3nc4c(-n5cnc(C)c5)cncc4[nH]3)c(NC)cn2)c1)C1CCCC1. The Morgan fingerprint density at radius 2 is 1.88 bits per heavy atom. The van der Waals surface area contributed by atoms with Gasteiger partial charge in [-0.15, -0.1) is 12.8 Å². The van der Waals surface area contributed by atoms with Gasteiger partial charge in [-0.1, -0.05) is 19.4 Å². The number of aromatic amines is 1. The third kappa shape index (κ3) is 5.57. The predicted octanol–water partition coefficient (Wildman–Crippen LogP) is 5.91. The van der Waals surface area contributed by atoms with E-state index in [1.54, 1.807) is 12.5 Å². The van der Waals surface area contributed by atoms with Crippen LogP contribution in [0.15, 0.2) is 67.9 Å². The van der Waals surface area contributed by atoms with Gasteiger partial charge in [0.25, 0.3) is 0 Å². The van der Waals surface area contributed by atoms with Crippen molar-refractivity contribution in [1.29, 1.82) is 0 Å². The molecule has 6 rings (SSSR count). The Hall–Kier alpha value is -4.97. The summed E-state index contributed by atoms with van der Waals surface area (Å²) < 4.78 is 1.95. The lowest BCUT2D eigenvalue weighted by molar-refractivity contribution is 0.649. The number of rotatable bonds is 8. The summed E-state index contributed by atoms with van der Waals surface area (Å²) in [6.07, 6.45) is 26.5. The summed E-state index contributed by atoms with van der Waals surface area (Å²) in [5, 5.41) is 6.75. The summed E-state index contributed by atoms with van der Waals surface area (Å²) in [6, 6.07) is 4.19. The zero-order valence-corrected chi connectivity index (χ0v) is 22.9. The summed E-state index contributed by atoms with van der Waals surface area (Å²) in [7, 11) is 1.91. The quantitative estimate of drug-likeness (QED) is 0.214. The van der Waals surface area contributed by atoms with Crippen molar-refractivity contribution in [2.24, 2.45) is 5.92 Å². The molecule has 9 heteroatoms. The maximum absolute atomic E-state index is 4.93. The highest BCUT2D eigenvalue weighted by molar-refractivity contribution is 5.83. The van der Waals surface area contributed by atoms with Gasteiger partial charge in [0, 0.05) is 37.1 Å². The first-order valence-corrected chi connectivity index (χ1v) is 13.3. The Balaban J connectivity index is 0.00000158. The second kappa shape index (κ2) is 11.8. The van der Waals surface area contributed by atoms with Crippen LogP contribution in [0.1, 0.15) is 42.8 Å². The maximum Gasteiger partial charge on any atom is 0.116 e. The number of fused-ring (bicyclic) bond motifs is 1. The van der Waals surface area contributed by atoms with Crippen LogP contribution in [-0.2, 0) is 6.42 Å². The van der Waals surface area contributed by atoms with E-state index in [9.17, 15) is 0 Å². The molecule has 5 heterocycles. The van der Waals surface area contributed by atoms with E-state index in [0.29, 0.717) is 12.3 Å². The number of nitrogens with zero attached hydrogens (tertiary/aromatic N) is 6. The molecule has 0 saturated heterocycles. The van der Waals surface area contributed by atoms with Crippen LogP contribution in [0.3, 0.4) is 0 Å². The lowest BCUT2D eigenvalue weighted by Crippen LogP contribution is -2.07. The predicted molar refractivity (Wildman–Crippen MR) is 160 cm³/mol. The van der Waals surface area contributed by atoms with Gasteiger partial charge in [-0.3, -0.25) is 15.0 Å². The minimum Gasteiger partial charge on any atom is -0.387 e. The van der Waals surface area contributed by atoms with E-state index < -0.39 is 0 Å². The summed E-state index contributed by atoms with van der Waals surface area (Å²) in [5.74, 6) is 1.39. The van der Waals surface area contributed by atoms with Gasteiger partial charge in [-0.05, 0) is 43.4 Å². The Bertz CT molecular complexity index is 1650. The smallest absolute Gasteiger partial charge is 0.116 e. The molecule has 5 aromatic rings. The fraction of sp³-hybridized carbons (Fsp3) is 0.258. The maximum atomic E-state index is 4.93. The van der Waals surface area contributed by atoms with Gasteiger partial charge in [0.05, 0.1) is 65.1 Å². The number of nitrogens with one attached hydrogen (secondary N) is 3. The molecule has 9 nitrogen and oxygen atoms in total. The lowest BCUT2D eigenvalue weighted by atomic mass is 10.0. The van der Waals surface area contributed by atoms with Crippen molar-refractivity contribution in [3.8, 4) is 29.8 Å². The van der Waals surface area contributed by atoms with E-state index in [1.807, 2.05) is 49.5 Å². The zero-order valence-electron chi connectivity index (χ0n) is 22.9. The molecular weight excluding hydrogens is 498 g/mol. The van der Waals surface area contributed by atoms with Crippen LogP contribution in [-0.4, -0.2) is 41.5 Å². The van der Waals surface area contributed by atoms with E-state index in [1.165, 1.54) is 25.7 Å². The standard InChI is InChI=1S/C29H31N9.C2H2/c1-18-16-38(17-34-18)27-15-32-13-26-29(27)37-28(36-26)10-21-9-24(33-14-25(21)30-3)22-8-23(12-31-11-22)35-19(2)20-6-4-5-7-20;1-2/h8-9,11-17,20,30,35H,2,4-7,10H2,1,3H3,(H,36,37);1-2H. The average Bonchev–Trinajstić information content (AvgIpc) is 3.75. The number of aryl methyl sites for hydroxylation is 1. The van der Waals surface area contributed by atoms with E-state index in [0.717, 1.165) is 62.1 Å². The Kier molecular flexibility index (Phi) is 7.87. The zero-order chi connectivity index (χ0) is 28.1. The van der Waals surface area contributed by atoms with Crippen LogP contribution >= 0.6 is 0 Å². The fourth-order valence-electron chi connectivity index (χ4n) is 5.21. The van der Waals surface area contributed by atoms with Crippen LogP contribution in [0.2, 0.25) is 0 Å². The van der Waals surface area contributed by atoms with Gasteiger partial charge >= 0.3 is 0 Å². The molecule has 5 aromatic heterocycles. The average molecular weight is 532 g/mol. The largest absolute Gasteiger partial charge is 0.387 e. The molecule has 1 aliphatic carbocycles. The van der Waals surface area contributed by atoms with Crippen molar-refractivity contribution in [2.75, 3.05) is 17.7 Å². The molecule has 1 saturated carbocycles. The minimum absolute atomic E-state index is 0.538. The molecule has 0 bridgehead atoms. The summed E-state index contributed by atoms with van der Waals surface area (Å²) >= 11 is 0. The number of hydrogen-bond donors (Lipinski definition) is 3. The van der Waals surface area contributed by atoms with Crippen molar-refractivity contribution in [3.63, 3.8) is 0 Å². The van der Waals surface area contributed by atoms with E-state index >= 15 is 0 Å². The molecule has 0 radical (unpaired) electrons. The highest BCUT2D eigenvalue weighted by Gasteiger charge is 2.18. The van der Waals surface area contributed by atoms with Gasteiger partial charge in [0.1, 0.15) is 11.3 Å². The number of terminal acetylenes is 1. The normalized spacial score (nSPS) is 13.1. The van der Waals surface area contributed by atoms with Crippen LogP contribution in [0.5, 0.6) is 0 Å². The van der Waals surface area contributed by atoms with Gasteiger partial charge < -0.3 is 20.2 Å². The number of imidazole rings is 2. The van der Waals surface area contributed by atoms with Crippen molar-refractivity contribution >= 4 is 22.4 Å². The number of hydrogen-bond acceptors (Lipinski definition) is 7. The Morgan fingerprint density at radius 1 is 1.07 bits per heavy atom. The van der Waals surface area contributed by atoms with E-state index in [2.05, 4.69) is 62.1 Å². The highest BCUT2D eigenvalue weighted by Crippen LogP contribution is 2.32.